The molecule has 0 bridgehead atoms. The van der Waals surface area contributed by atoms with Crippen LogP contribution in [0, 0.1) is 0 Å². The minimum Gasteiger partial charge on any atom is -0.507 e. The number of thioether (sulfide) groups is 1. The van der Waals surface area contributed by atoms with Crippen LogP contribution >= 0.6 is 23.4 Å². The summed E-state index contributed by atoms with van der Waals surface area (Å²) < 4.78 is 4.87. The third-order valence-corrected chi connectivity index (χ3v) is 3.87. The number of nitrogens with one attached hydrogen (secondary N) is 1. The number of hydrogen-bond acceptors (Lipinski definition) is 5. The number of phenols is 1. The Labute approximate surface area is 142 Å². The monoisotopic (exact) mass is 351 g/mol. The fourth-order valence-corrected chi connectivity index (χ4v) is 2.33. The van der Waals surface area contributed by atoms with E-state index in [4.69, 9.17) is 16.3 Å². The first-order chi connectivity index (χ1) is 11.0. The zero-order chi connectivity index (χ0) is 16.8. The van der Waals surface area contributed by atoms with Crippen LogP contribution < -0.4 is 5.32 Å². The highest BCUT2D eigenvalue weighted by Crippen LogP contribution is 2.22. The Kier molecular flexibility index (Phi) is 5.90. The fraction of sp³-hybridized carbons (Fsp3) is 0.125. The second kappa shape index (κ2) is 7.89. The molecule has 0 unspecified atom stereocenters. The summed E-state index contributed by atoms with van der Waals surface area (Å²) in [7, 11) is 0. The average Bonchev–Trinajstić information content (AvgIpc) is 2.53. The summed E-state index contributed by atoms with van der Waals surface area (Å²) in [5.41, 5.74) is 0.560. The molecule has 0 spiro atoms. The summed E-state index contributed by atoms with van der Waals surface area (Å²) in [5, 5.41) is 12.5. The Bertz CT molecular complexity index is 719. The van der Waals surface area contributed by atoms with Crippen molar-refractivity contribution in [3.05, 3.63) is 53.1 Å². The van der Waals surface area contributed by atoms with Gasteiger partial charge in [0.15, 0.2) is 6.61 Å². The van der Waals surface area contributed by atoms with E-state index in [-0.39, 0.29) is 11.3 Å². The Hall–Kier alpha value is -2.18. The molecule has 0 atom stereocenters. The van der Waals surface area contributed by atoms with E-state index < -0.39 is 18.5 Å². The van der Waals surface area contributed by atoms with Crippen molar-refractivity contribution in [3.8, 4) is 5.75 Å². The van der Waals surface area contributed by atoms with Gasteiger partial charge in [0.05, 0.1) is 0 Å². The molecule has 7 heteroatoms. The van der Waals surface area contributed by atoms with Crippen molar-refractivity contribution < 1.29 is 19.4 Å². The van der Waals surface area contributed by atoms with E-state index in [1.54, 1.807) is 23.9 Å². The molecule has 0 fully saturated rings. The van der Waals surface area contributed by atoms with Crippen LogP contribution in [0.15, 0.2) is 47.4 Å². The number of ether oxygens (including phenoxy) is 1. The first-order valence-electron chi connectivity index (χ1n) is 6.59. The smallest absolute Gasteiger partial charge is 0.342 e. The zero-order valence-electron chi connectivity index (χ0n) is 12.2. The van der Waals surface area contributed by atoms with Crippen LogP contribution in [0.25, 0.3) is 0 Å². The number of halogens is 1. The molecular formula is C16H14ClNO4S. The molecule has 0 radical (unpaired) electrons. The second-order valence-electron chi connectivity index (χ2n) is 4.51. The standard InChI is InChI=1S/C16H14ClNO4S/c1-23-12-5-3-11(4-6-12)18-15(20)9-22-16(21)13-7-2-10(17)8-14(13)19/h2-8,19H,9H2,1H3,(H,18,20). The van der Waals surface area contributed by atoms with Gasteiger partial charge in [-0.3, -0.25) is 4.79 Å². The highest BCUT2D eigenvalue weighted by molar-refractivity contribution is 7.98. The number of esters is 1. The Morgan fingerprint density at radius 1 is 1.22 bits per heavy atom. The Morgan fingerprint density at radius 2 is 1.91 bits per heavy atom. The number of rotatable bonds is 5. The van der Waals surface area contributed by atoms with Crippen molar-refractivity contribution >= 4 is 40.9 Å². The average molecular weight is 352 g/mol. The minimum absolute atomic E-state index is 0.0495. The quantitative estimate of drug-likeness (QED) is 0.636. The van der Waals surface area contributed by atoms with E-state index in [0.29, 0.717) is 10.7 Å². The van der Waals surface area contributed by atoms with Crippen molar-refractivity contribution in [2.24, 2.45) is 0 Å². The highest BCUT2D eigenvalue weighted by atomic mass is 35.5. The lowest BCUT2D eigenvalue weighted by molar-refractivity contribution is -0.119. The topological polar surface area (TPSA) is 75.6 Å². The summed E-state index contributed by atoms with van der Waals surface area (Å²) in [6.45, 7) is -0.453. The largest absolute Gasteiger partial charge is 0.507 e. The number of anilines is 1. The molecule has 0 aromatic heterocycles. The molecular weight excluding hydrogens is 338 g/mol. The van der Waals surface area contributed by atoms with E-state index in [1.165, 1.54) is 18.2 Å². The third-order valence-electron chi connectivity index (χ3n) is 2.89. The lowest BCUT2D eigenvalue weighted by atomic mass is 10.2. The lowest BCUT2D eigenvalue weighted by Gasteiger charge is -2.08. The fourth-order valence-electron chi connectivity index (χ4n) is 1.76. The predicted octanol–water partition coefficient (Wildman–Crippen LogP) is 3.56. The van der Waals surface area contributed by atoms with Crippen LogP contribution in [0.2, 0.25) is 5.02 Å². The normalized spacial score (nSPS) is 10.2. The third kappa shape index (κ3) is 4.91. The van der Waals surface area contributed by atoms with Gasteiger partial charge in [-0.1, -0.05) is 11.6 Å². The van der Waals surface area contributed by atoms with E-state index >= 15 is 0 Å². The Morgan fingerprint density at radius 3 is 2.52 bits per heavy atom. The van der Waals surface area contributed by atoms with Crippen LogP contribution in [0.4, 0.5) is 5.69 Å². The van der Waals surface area contributed by atoms with Crippen LogP contribution in [0.5, 0.6) is 5.75 Å². The van der Waals surface area contributed by atoms with Gasteiger partial charge in [0.1, 0.15) is 11.3 Å². The maximum atomic E-state index is 11.8. The van der Waals surface area contributed by atoms with Gasteiger partial charge in [-0.25, -0.2) is 4.79 Å². The molecule has 0 saturated carbocycles. The van der Waals surface area contributed by atoms with Gasteiger partial charge in [0.2, 0.25) is 0 Å². The molecule has 2 N–H and O–H groups in total. The van der Waals surface area contributed by atoms with Gasteiger partial charge in [-0.2, -0.15) is 0 Å². The van der Waals surface area contributed by atoms with Gasteiger partial charge >= 0.3 is 5.97 Å². The van der Waals surface area contributed by atoms with Crippen molar-refractivity contribution in [2.75, 3.05) is 18.2 Å². The molecule has 1 amide bonds. The molecule has 120 valence electrons. The van der Waals surface area contributed by atoms with E-state index in [9.17, 15) is 14.7 Å². The molecule has 0 saturated heterocycles. The molecule has 0 aliphatic rings. The maximum absolute atomic E-state index is 11.8. The van der Waals surface area contributed by atoms with Gasteiger partial charge in [-0.05, 0) is 48.7 Å². The van der Waals surface area contributed by atoms with Crippen LogP contribution in [-0.2, 0) is 9.53 Å². The maximum Gasteiger partial charge on any atom is 0.342 e. The number of aromatic hydroxyl groups is 1. The van der Waals surface area contributed by atoms with Crippen molar-refractivity contribution in [1.29, 1.82) is 0 Å². The molecule has 2 aromatic rings. The van der Waals surface area contributed by atoms with Crippen molar-refractivity contribution in [3.63, 3.8) is 0 Å². The number of carbonyl (C=O) groups is 2. The van der Waals surface area contributed by atoms with Crippen molar-refractivity contribution in [1.82, 2.24) is 0 Å². The number of amides is 1. The summed E-state index contributed by atoms with van der Waals surface area (Å²) >= 11 is 7.28. The lowest BCUT2D eigenvalue weighted by Crippen LogP contribution is -2.20. The van der Waals surface area contributed by atoms with E-state index in [2.05, 4.69) is 5.32 Å². The van der Waals surface area contributed by atoms with Crippen molar-refractivity contribution in [2.45, 2.75) is 4.90 Å². The summed E-state index contributed by atoms with van der Waals surface area (Å²) in [6, 6.07) is 11.3. The zero-order valence-corrected chi connectivity index (χ0v) is 13.8. The van der Waals surface area contributed by atoms with Gasteiger partial charge in [0, 0.05) is 15.6 Å². The molecule has 0 aliphatic heterocycles. The van der Waals surface area contributed by atoms with E-state index in [0.717, 1.165) is 4.90 Å². The molecule has 0 heterocycles. The van der Waals surface area contributed by atoms with E-state index in [1.807, 2.05) is 18.4 Å². The van der Waals surface area contributed by atoms with Gasteiger partial charge < -0.3 is 15.2 Å². The number of phenolic OH excluding ortho intramolecular Hbond substituents is 1. The molecule has 0 aliphatic carbocycles. The van der Waals surface area contributed by atoms with Crippen LogP contribution in [-0.4, -0.2) is 29.8 Å². The minimum atomic E-state index is -0.799. The summed E-state index contributed by atoms with van der Waals surface area (Å²) in [4.78, 5) is 24.7. The Balaban J connectivity index is 1.89. The first-order valence-corrected chi connectivity index (χ1v) is 8.19. The van der Waals surface area contributed by atoms with Crippen LogP contribution in [0.3, 0.4) is 0 Å². The summed E-state index contributed by atoms with van der Waals surface area (Å²) in [6.07, 6.45) is 1.96. The number of benzene rings is 2. The highest BCUT2D eigenvalue weighted by Gasteiger charge is 2.14. The molecule has 23 heavy (non-hydrogen) atoms. The summed E-state index contributed by atoms with van der Waals surface area (Å²) in [5.74, 6) is -1.56. The van der Waals surface area contributed by atoms with Gasteiger partial charge in [-0.15, -0.1) is 11.8 Å². The first kappa shape index (κ1) is 17.2. The van der Waals surface area contributed by atoms with Crippen LogP contribution in [0.1, 0.15) is 10.4 Å². The number of hydrogen-bond donors (Lipinski definition) is 2. The predicted molar refractivity (Wildman–Crippen MR) is 90.3 cm³/mol. The molecule has 2 rings (SSSR count). The number of carbonyl (C=O) groups excluding carboxylic acids is 2. The van der Waals surface area contributed by atoms with Gasteiger partial charge in [0.25, 0.3) is 5.91 Å². The second-order valence-corrected chi connectivity index (χ2v) is 5.83. The molecule has 2 aromatic carbocycles. The molecule has 5 nitrogen and oxygen atoms in total. The SMILES string of the molecule is CSc1ccc(NC(=O)COC(=O)c2ccc(Cl)cc2O)cc1.